The van der Waals surface area contributed by atoms with Crippen LogP contribution >= 0.6 is 11.8 Å². The summed E-state index contributed by atoms with van der Waals surface area (Å²) >= 11 is 0.696. The Bertz CT molecular complexity index is 1080. The van der Waals surface area contributed by atoms with Gasteiger partial charge >= 0.3 is 6.61 Å². The molecular weight excluding hydrogens is 449 g/mol. The summed E-state index contributed by atoms with van der Waals surface area (Å²) in [4.78, 5) is 37.9. The number of nitrogens with one attached hydrogen (secondary N) is 1. The van der Waals surface area contributed by atoms with E-state index in [4.69, 9.17) is 4.74 Å². The number of amides is 3. The number of imide groups is 1. The zero-order chi connectivity index (χ0) is 23.3. The molecule has 1 saturated heterocycles. The second kappa shape index (κ2) is 10.2. The Hall–Kier alpha value is -3.47. The van der Waals surface area contributed by atoms with Gasteiger partial charge in [-0.15, -0.1) is 0 Å². The van der Waals surface area contributed by atoms with Crippen LogP contribution in [0.25, 0.3) is 6.08 Å². The second-order valence-electron chi connectivity index (χ2n) is 6.36. The lowest BCUT2D eigenvalue weighted by molar-refractivity contribution is -0.122. The summed E-state index contributed by atoms with van der Waals surface area (Å²) < 4.78 is 47.9. The van der Waals surface area contributed by atoms with Crippen LogP contribution in [0, 0.1) is 5.82 Å². The van der Waals surface area contributed by atoms with E-state index >= 15 is 0 Å². The van der Waals surface area contributed by atoms with E-state index in [9.17, 15) is 27.6 Å². The minimum absolute atomic E-state index is 0.0362. The Morgan fingerprint density at radius 1 is 1.19 bits per heavy atom. The Kier molecular flexibility index (Phi) is 7.41. The van der Waals surface area contributed by atoms with Gasteiger partial charge in [0, 0.05) is 13.1 Å². The summed E-state index contributed by atoms with van der Waals surface area (Å²) in [6, 6.07) is 9.52. The highest BCUT2D eigenvalue weighted by Gasteiger charge is 2.34. The van der Waals surface area contributed by atoms with E-state index in [1.165, 1.54) is 49.6 Å². The molecule has 11 heteroatoms. The molecule has 32 heavy (non-hydrogen) atoms. The van der Waals surface area contributed by atoms with Crippen molar-refractivity contribution in [1.82, 2.24) is 10.2 Å². The summed E-state index contributed by atoms with van der Waals surface area (Å²) in [7, 11) is 1.28. The van der Waals surface area contributed by atoms with Gasteiger partial charge in [0.2, 0.25) is 0 Å². The normalized spacial score (nSPS) is 14.9. The molecule has 1 fully saturated rings. The highest BCUT2D eigenvalue weighted by molar-refractivity contribution is 8.18. The molecule has 0 bridgehead atoms. The monoisotopic (exact) mass is 466 g/mol. The van der Waals surface area contributed by atoms with Gasteiger partial charge in [-0.25, -0.2) is 4.39 Å². The first-order valence-corrected chi connectivity index (χ1v) is 10.0. The minimum Gasteiger partial charge on any atom is -0.493 e. The third-order valence-electron chi connectivity index (χ3n) is 4.31. The van der Waals surface area contributed by atoms with E-state index in [-0.39, 0.29) is 35.1 Å². The van der Waals surface area contributed by atoms with Crippen LogP contribution in [0.5, 0.6) is 11.5 Å². The van der Waals surface area contributed by atoms with Crippen LogP contribution in [0.3, 0.4) is 0 Å². The molecular formula is C21H17F3N2O5S. The lowest BCUT2D eigenvalue weighted by atomic mass is 10.2. The van der Waals surface area contributed by atoms with Crippen LogP contribution in [-0.4, -0.2) is 48.8 Å². The Balaban J connectivity index is 1.65. The average Bonchev–Trinajstić information content (AvgIpc) is 3.02. The van der Waals surface area contributed by atoms with Gasteiger partial charge in [-0.1, -0.05) is 18.2 Å². The molecule has 0 aromatic heterocycles. The van der Waals surface area contributed by atoms with Crippen molar-refractivity contribution >= 4 is 34.9 Å². The molecule has 1 aliphatic heterocycles. The smallest absolute Gasteiger partial charge is 0.387 e. The first-order valence-electron chi connectivity index (χ1n) is 9.21. The topological polar surface area (TPSA) is 84.9 Å². The van der Waals surface area contributed by atoms with Crippen LogP contribution in [-0.2, 0) is 4.79 Å². The first kappa shape index (κ1) is 23.2. The average molecular weight is 466 g/mol. The van der Waals surface area contributed by atoms with E-state index in [0.29, 0.717) is 17.3 Å². The van der Waals surface area contributed by atoms with Crippen molar-refractivity contribution in [2.45, 2.75) is 6.61 Å². The third-order valence-corrected chi connectivity index (χ3v) is 5.22. The molecule has 0 aliphatic carbocycles. The van der Waals surface area contributed by atoms with E-state index in [2.05, 4.69) is 10.1 Å². The van der Waals surface area contributed by atoms with Crippen molar-refractivity contribution in [1.29, 1.82) is 0 Å². The number of carbonyl (C=O) groups is 3. The Morgan fingerprint density at radius 2 is 1.94 bits per heavy atom. The second-order valence-corrected chi connectivity index (χ2v) is 7.35. The summed E-state index contributed by atoms with van der Waals surface area (Å²) in [6.45, 7) is -3.19. The number of ether oxygens (including phenoxy) is 2. The van der Waals surface area contributed by atoms with Gasteiger partial charge in [0.25, 0.3) is 17.1 Å². The summed E-state index contributed by atoms with van der Waals surface area (Å²) in [6.07, 6.45) is 1.41. The predicted octanol–water partition coefficient (Wildman–Crippen LogP) is 3.90. The van der Waals surface area contributed by atoms with Crippen molar-refractivity contribution in [2.75, 3.05) is 20.2 Å². The molecule has 0 spiro atoms. The van der Waals surface area contributed by atoms with Crippen molar-refractivity contribution < 1.29 is 37.0 Å². The number of rotatable bonds is 8. The van der Waals surface area contributed by atoms with Gasteiger partial charge in [0.05, 0.1) is 17.6 Å². The highest BCUT2D eigenvalue weighted by Crippen LogP contribution is 2.34. The molecule has 3 amide bonds. The Labute approximate surface area is 185 Å². The van der Waals surface area contributed by atoms with E-state index in [1.807, 2.05) is 0 Å². The molecule has 2 aromatic carbocycles. The van der Waals surface area contributed by atoms with Gasteiger partial charge in [-0.2, -0.15) is 8.78 Å². The Morgan fingerprint density at radius 3 is 2.62 bits per heavy atom. The van der Waals surface area contributed by atoms with Gasteiger partial charge in [-0.3, -0.25) is 19.3 Å². The molecule has 1 N–H and O–H groups in total. The lowest BCUT2D eigenvalue weighted by Gasteiger charge is -2.13. The van der Waals surface area contributed by atoms with E-state index in [0.717, 1.165) is 11.0 Å². The molecule has 0 atom stereocenters. The molecule has 0 radical (unpaired) electrons. The molecule has 0 saturated carbocycles. The van der Waals surface area contributed by atoms with Gasteiger partial charge in [0.1, 0.15) is 5.82 Å². The van der Waals surface area contributed by atoms with Crippen LogP contribution in [0.2, 0.25) is 0 Å². The largest absolute Gasteiger partial charge is 0.493 e. The number of halogens is 3. The maximum absolute atomic E-state index is 13.6. The molecule has 7 nitrogen and oxygen atoms in total. The zero-order valence-electron chi connectivity index (χ0n) is 16.6. The number of benzene rings is 2. The van der Waals surface area contributed by atoms with Crippen molar-refractivity contribution in [3.63, 3.8) is 0 Å². The molecule has 1 heterocycles. The standard InChI is InChI=1S/C21H17F3N2O5S/c1-30-16-10-12(6-7-15(16)31-20(23)24)11-17-19(28)26(21(29)32-17)9-8-25-18(27)13-4-2-3-5-14(13)22/h2-7,10-11,20H,8-9H2,1H3,(H,25,27)/b17-11-. The van der Waals surface area contributed by atoms with Crippen molar-refractivity contribution in [3.05, 3.63) is 64.3 Å². The fourth-order valence-corrected chi connectivity index (χ4v) is 3.70. The highest BCUT2D eigenvalue weighted by atomic mass is 32.2. The maximum Gasteiger partial charge on any atom is 0.387 e. The maximum atomic E-state index is 13.6. The predicted molar refractivity (Wildman–Crippen MR) is 111 cm³/mol. The molecule has 1 aliphatic rings. The molecule has 3 rings (SSSR count). The molecule has 168 valence electrons. The summed E-state index contributed by atoms with van der Waals surface area (Å²) in [5, 5.41) is 1.93. The zero-order valence-corrected chi connectivity index (χ0v) is 17.5. The number of nitrogens with zero attached hydrogens (tertiary/aromatic N) is 1. The lowest BCUT2D eigenvalue weighted by Crippen LogP contribution is -2.37. The number of thioether (sulfide) groups is 1. The fourth-order valence-electron chi connectivity index (χ4n) is 2.83. The number of carbonyl (C=O) groups excluding carboxylic acids is 3. The number of methoxy groups -OCH3 is 1. The quantitative estimate of drug-likeness (QED) is 0.594. The third kappa shape index (κ3) is 5.41. The number of hydrogen-bond donors (Lipinski definition) is 1. The number of hydrogen-bond acceptors (Lipinski definition) is 6. The van der Waals surface area contributed by atoms with Crippen molar-refractivity contribution in [2.24, 2.45) is 0 Å². The van der Waals surface area contributed by atoms with Crippen LogP contribution in [0.15, 0.2) is 47.4 Å². The minimum atomic E-state index is -3.02. The first-order chi connectivity index (χ1) is 15.3. The van der Waals surface area contributed by atoms with Gasteiger partial charge < -0.3 is 14.8 Å². The van der Waals surface area contributed by atoms with E-state index < -0.39 is 29.5 Å². The van der Waals surface area contributed by atoms with Crippen LogP contribution in [0.1, 0.15) is 15.9 Å². The fraction of sp³-hybridized carbons (Fsp3) is 0.190. The van der Waals surface area contributed by atoms with Crippen molar-refractivity contribution in [3.8, 4) is 11.5 Å². The SMILES string of the molecule is COc1cc(/C=C2\SC(=O)N(CCNC(=O)c3ccccc3F)C2=O)ccc1OC(F)F. The van der Waals surface area contributed by atoms with Gasteiger partial charge in [-0.05, 0) is 47.7 Å². The summed E-state index contributed by atoms with van der Waals surface area (Å²) in [5.41, 5.74) is 0.288. The van der Waals surface area contributed by atoms with Crippen LogP contribution < -0.4 is 14.8 Å². The van der Waals surface area contributed by atoms with Crippen LogP contribution in [0.4, 0.5) is 18.0 Å². The number of alkyl halides is 2. The van der Waals surface area contributed by atoms with Gasteiger partial charge in [0.15, 0.2) is 11.5 Å². The molecule has 0 unspecified atom stereocenters. The molecule has 2 aromatic rings. The van der Waals surface area contributed by atoms with E-state index in [1.54, 1.807) is 0 Å². The summed E-state index contributed by atoms with van der Waals surface area (Å²) in [5.74, 6) is -2.05.